The molecule has 0 radical (unpaired) electrons. The predicted octanol–water partition coefficient (Wildman–Crippen LogP) is 3.81. The van der Waals surface area contributed by atoms with Crippen molar-refractivity contribution in [3.8, 4) is 0 Å². The van der Waals surface area contributed by atoms with Gasteiger partial charge >= 0.3 is 6.09 Å². The molecule has 0 atom stereocenters. The fourth-order valence-electron chi connectivity index (χ4n) is 2.20. The Morgan fingerprint density at radius 3 is 2.30 bits per heavy atom. The van der Waals surface area contributed by atoms with Crippen molar-refractivity contribution in [3.63, 3.8) is 0 Å². The first-order valence-corrected chi connectivity index (χ1v) is 7.76. The van der Waals surface area contributed by atoms with Crippen LogP contribution >= 0.6 is 0 Å². The highest BCUT2D eigenvalue weighted by Gasteiger charge is 2.15. The molecule has 2 rings (SSSR count). The minimum atomic E-state index is -0.499. The summed E-state index contributed by atoms with van der Waals surface area (Å²) in [5, 5.41) is 0. The van der Waals surface area contributed by atoms with E-state index < -0.39 is 11.7 Å². The van der Waals surface area contributed by atoms with Crippen LogP contribution in [-0.2, 0) is 17.7 Å². The lowest BCUT2D eigenvalue weighted by Gasteiger charge is -2.19. The van der Waals surface area contributed by atoms with Crippen LogP contribution in [0.25, 0.3) is 0 Å². The van der Waals surface area contributed by atoms with Crippen LogP contribution in [0.3, 0.4) is 0 Å². The molecule has 1 amide bonds. The van der Waals surface area contributed by atoms with E-state index >= 15 is 0 Å². The standard InChI is InChI=1S/C19H24N2O2/c1-19(2,3)23-18(22)21-20-14-17-11-7-10-16(13-17)12-15-8-5-4-6-9-15/h4-11,13,20H,12,14H2,1-3H3,(H,21,22). The average molecular weight is 312 g/mol. The fourth-order valence-corrected chi connectivity index (χ4v) is 2.20. The van der Waals surface area contributed by atoms with Crippen molar-refractivity contribution in [2.45, 2.75) is 39.3 Å². The number of carbonyl (C=O) groups excluding carboxylic acids is 1. The third kappa shape index (κ3) is 6.53. The molecule has 2 aromatic carbocycles. The van der Waals surface area contributed by atoms with Gasteiger partial charge in [0.15, 0.2) is 0 Å². The molecular formula is C19H24N2O2. The lowest BCUT2D eigenvalue weighted by atomic mass is 10.0. The first-order valence-electron chi connectivity index (χ1n) is 7.76. The summed E-state index contributed by atoms with van der Waals surface area (Å²) in [5.41, 5.74) is 8.57. The quantitative estimate of drug-likeness (QED) is 0.826. The summed E-state index contributed by atoms with van der Waals surface area (Å²) in [6, 6.07) is 18.7. The van der Waals surface area contributed by atoms with Crippen molar-refractivity contribution in [1.29, 1.82) is 0 Å². The summed E-state index contributed by atoms with van der Waals surface area (Å²) in [7, 11) is 0. The molecule has 2 N–H and O–H groups in total. The number of hydrazine groups is 1. The zero-order valence-corrected chi connectivity index (χ0v) is 13.9. The Bertz CT molecular complexity index is 633. The van der Waals surface area contributed by atoms with E-state index in [0.29, 0.717) is 6.54 Å². The van der Waals surface area contributed by atoms with Crippen molar-refractivity contribution >= 4 is 6.09 Å². The molecule has 0 spiro atoms. The van der Waals surface area contributed by atoms with Crippen LogP contribution in [0, 0.1) is 0 Å². The molecule has 0 unspecified atom stereocenters. The fraction of sp³-hybridized carbons (Fsp3) is 0.316. The lowest BCUT2D eigenvalue weighted by molar-refractivity contribution is 0.0497. The number of hydrogen-bond donors (Lipinski definition) is 2. The maximum absolute atomic E-state index is 11.6. The van der Waals surface area contributed by atoms with Crippen LogP contribution in [0.4, 0.5) is 4.79 Å². The minimum absolute atomic E-state index is 0.474. The van der Waals surface area contributed by atoms with Gasteiger partial charge in [0, 0.05) is 6.54 Å². The zero-order valence-electron chi connectivity index (χ0n) is 13.9. The Morgan fingerprint density at radius 2 is 1.61 bits per heavy atom. The van der Waals surface area contributed by atoms with E-state index in [0.717, 1.165) is 12.0 Å². The van der Waals surface area contributed by atoms with E-state index in [2.05, 4.69) is 35.1 Å². The molecule has 0 aliphatic carbocycles. The monoisotopic (exact) mass is 312 g/mol. The second kappa shape index (κ2) is 7.79. The number of amides is 1. The zero-order chi connectivity index (χ0) is 16.7. The van der Waals surface area contributed by atoms with Gasteiger partial charge in [0.2, 0.25) is 0 Å². The van der Waals surface area contributed by atoms with Crippen LogP contribution < -0.4 is 10.9 Å². The van der Waals surface area contributed by atoms with Crippen molar-refractivity contribution in [3.05, 3.63) is 71.3 Å². The minimum Gasteiger partial charge on any atom is -0.443 e. The van der Waals surface area contributed by atoms with Gasteiger partial charge in [-0.15, -0.1) is 0 Å². The van der Waals surface area contributed by atoms with Gasteiger partial charge in [-0.25, -0.2) is 10.2 Å². The largest absolute Gasteiger partial charge is 0.443 e. The molecule has 122 valence electrons. The van der Waals surface area contributed by atoms with E-state index in [-0.39, 0.29) is 0 Å². The highest BCUT2D eigenvalue weighted by Crippen LogP contribution is 2.11. The van der Waals surface area contributed by atoms with Gasteiger partial charge in [-0.1, -0.05) is 54.6 Å². The molecule has 0 saturated heterocycles. The number of ether oxygens (including phenoxy) is 1. The summed E-state index contributed by atoms with van der Waals surface area (Å²) >= 11 is 0. The topological polar surface area (TPSA) is 50.4 Å². The first kappa shape index (κ1) is 17.0. The number of rotatable bonds is 5. The van der Waals surface area contributed by atoms with Crippen LogP contribution in [0.5, 0.6) is 0 Å². The SMILES string of the molecule is CC(C)(C)OC(=O)NNCc1cccc(Cc2ccccc2)c1. The molecule has 0 heterocycles. The van der Waals surface area contributed by atoms with Crippen molar-refractivity contribution in [1.82, 2.24) is 10.9 Å². The molecule has 0 aliphatic heterocycles. The van der Waals surface area contributed by atoms with Gasteiger partial charge in [0.1, 0.15) is 5.60 Å². The van der Waals surface area contributed by atoms with Crippen LogP contribution in [-0.4, -0.2) is 11.7 Å². The molecular weight excluding hydrogens is 288 g/mol. The van der Waals surface area contributed by atoms with E-state index in [9.17, 15) is 4.79 Å². The molecule has 4 nitrogen and oxygen atoms in total. The van der Waals surface area contributed by atoms with Gasteiger partial charge in [0.25, 0.3) is 0 Å². The van der Waals surface area contributed by atoms with Gasteiger partial charge in [-0.3, -0.25) is 5.43 Å². The highest BCUT2D eigenvalue weighted by atomic mass is 16.6. The second-order valence-electron chi connectivity index (χ2n) is 6.46. The number of hydrogen-bond acceptors (Lipinski definition) is 3. The Labute approximate surface area is 137 Å². The smallest absolute Gasteiger partial charge is 0.422 e. The molecule has 0 saturated carbocycles. The molecule has 0 fully saturated rings. The van der Waals surface area contributed by atoms with E-state index in [4.69, 9.17) is 4.74 Å². The van der Waals surface area contributed by atoms with Gasteiger partial charge in [-0.05, 0) is 43.9 Å². The second-order valence-corrected chi connectivity index (χ2v) is 6.46. The number of carbonyl (C=O) groups is 1. The van der Waals surface area contributed by atoms with Crippen LogP contribution in [0.15, 0.2) is 54.6 Å². The molecule has 23 heavy (non-hydrogen) atoms. The highest BCUT2D eigenvalue weighted by molar-refractivity contribution is 5.66. The van der Waals surface area contributed by atoms with Gasteiger partial charge < -0.3 is 4.74 Å². The first-order chi connectivity index (χ1) is 10.9. The summed E-state index contributed by atoms with van der Waals surface area (Å²) in [5.74, 6) is 0. The molecule has 0 aliphatic rings. The Balaban J connectivity index is 1.84. The van der Waals surface area contributed by atoms with Crippen LogP contribution in [0.2, 0.25) is 0 Å². The summed E-state index contributed by atoms with van der Waals surface area (Å²) < 4.78 is 5.17. The Kier molecular flexibility index (Phi) is 5.77. The normalized spacial score (nSPS) is 11.1. The molecule has 4 heteroatoms. The third-order valence-corrected chi connectivity index (χ3v) is 3.12. The summed E-state index contributed by atoms with van der Waals surface area (Å²) in [6.45, 7) is 6.04. The Hall–Kier alpha value is -2.33. The Morgan fingerprint density at radius 1 is 0.957 bits per heavy atom. The van der Waals surface area contributed by atoms with E-state index in [1.807, 2.05) is 51.1 Å². The van der Waals surface area contributed by atoms with Crippen molar-refractivity contribution in [2.24, 2.45) is 0 Å². The average Bonchev–Trinajstić information content (AvgIpc) is 2.47. The molecule has 0 bridgehead atoms. The van der Waals surface area contributed by atoms with E-state index in [1.54, 1.807) is 0 Å². The third-order valence-electron chi connectivity index (χ3n) is 3.12. The van der Waals surface area contributed by atoms with Crippen LogP contribution in [0.1, 0.15) is 37.5 Å². The van der Waals surface area contributed by atoms with E-state index in [1.165, 1.54) is 11.1 Å². The van der Waals surface area contributed by atoms with Gasteiger partial charge in [-0.2, -0.15) is 0 Å². The maximum Gasteiger partial charge on any atom is 0.422 e. The van der Waals surface area contributed by atoms with Crippen molar-refractivity contribution in [2.75, 3.05) is 0 Å². The molecule has 2 aromatic rings. The summed E-state index contributed by atoms with van der Waals surface area (Å²) in [6.07, 6.45) is 0.423. The maximum atomic E-state index is 11.6. The van der Waals surface area contributed by atoms with Crippen molar-refractivity contribution < 1.29 is 9.53 Å². The lowest BCUT2D eigenvalue weighted by Crippen LogP contribution is -2.40. The predicted molar refractivity (Wildman–Crippen MR) is 91.9 cm³/mol. The number of benzene rings is 2. The molecule has 0 aromatic heterocycles. The van der Waals surface area contributed by atoms with Gasteiger partial charge in [0.05, 0.1) is 0 Å². The summed E-state index contributed by atoms with van der Waals surface area (Å²) in [4.78, 5) is 11.6. The number of nitrogens with one attached hydrogen (secondary N) is 2.